The Morgan fingerprint density at radius 2 is 1.65 bits per heavy atom. The van der Waals surface area contributed by atoms with Crippen LogP contribution in [0.1, 0.15) is 56.6 Å². The first-order chi connectivity index (χ1) is 9.72. The van der Waals surface area contributed by atoms with Gasteiger partial charge in [0.15, 0.2) is 0 Å². The summed E-state index contributed by atoms with van der Waals surface area (Å²) in [5.41, 5.74) is 6.87. The summed E-state index contributed by atoms with van der Waals surface area (Å²) < 4.78 is 5.18. The summed E-state index contributed by atoms with van der Waals surface area (Å²) in [4.78, 5) is 0. The molecule has 1 saturated carbocycles. The van der Waals surface area contributed by atoms with Gasteiger partial charge in [-0.05, 0) is 30.5 Å². The van der Waals surface area contributed by atoms with Gasteiger partial charge < -0.3 is 15.6 Å². The van der Waals surface area contributed by atoms with Crippen LogP contribution in [0.5, 0.6) is 5.75 Å². The molecule has 1 atom stereocenters. The molecule has 0 saturated heterocycles. The average Bonchev–Trinajstić information content (AvgIpc) is 2.47. The highest BCUT2D eigenvalue weighted by Gasteiger charge is 2.37. The van der Waals surface area contributed by atoms with E-state index in [1.165, 1.54) is 32.1 Å². The molecule has 1 aliphatic carbocycles. The molecule has 1 aromatic rings. The fraction of sp³-hybridized carbons (Fsp3) is 0.647. The first kappa shape index (κ1) is 15.3. The van der Waals surface area contributed by atoms with Crippen LogP contribution < -0.4 is 10.5 Å². The number of methoxy groups -OCH3 is 1. The minimum absolute atomic E-state index is 0.158. The van der Waals surface area contributed by atoms with E-state index in [0.29, 0.717) is 6.54 Å². The Balaban J connectivity index is 2.18. The second kappa shape index (κ2) is 7.09. The summed E-state index contributed by atoms with van der Waals surface area (Å²) >= 11 is 0. The Hall–Kier alpha value is -1.06. The van der Waals surface area contributed by atoms with E-state index >= 15 is 0 Å². The zero-order valence-corrected chi connectivity index (χ0v) is 12.5. The maximum atomic E-state index is 10.9. The molecule has 0 aromatic heterocycles. The van der Waals surface area contributed by atoms with E-state index in [1.54, 1.807) is 7.11 Å². The highest BCUT2D eigenvalue weighted by Crippen LogP contribution is 2.43. The molecule has 20 heavy (non-hydrogen) atoms. The smallest absolute Gasteiger partial charge is 0.118 e. The second-order valence-corrected chi connectivity index (χ2v) is 6.01. The third-order valence-electron chi connectivity index (χ3n) is 4.77. The van der Waals surface area contributed by atoms with Crippen LogP contribution in [0, 0.1) is 5.41 Å². The molecule has 112 valence electrons. The molecular formula is C17H27NO2. The lowest BCUT2D eigenvalue weighted by Gasteiger charge is -2.39. The van der Waals surface area contributed by atoms with Crippen LogP contribution in [-0.4, -0.2) is 18.8 Å². The highest BCUT2D eigenvalue weighted by atomic mass is 16.5. The maximum absolute atomic E-state index is 10.9. The number of hydrogen-bond donors (Lipinski definition) is 2. The van der Waals surface area contributed by atoms with Crippen molar-refractivity contribution in [1.29, 1.82) is 0 Å². The number of aliphatic hydroxyl groups excluding tert-OH is 1. The van der Waals surface area contributed by atoms with Gasteiger partial charge in [0.05, 0.1) is 13.2 Å². The summed E-state index contributed by atoms with van der Waals surface area (Å²) in [5.74, 6) is 0.820. The van der Waals surface area contributed by atoms with Crippen molar-refractivity contribution in [2.75, 3.05) is 13.7 Å². The van der Waals surface area contributed by atoms with E-state index in [1.807, 2.05) is 24.3 Å². The van der Waals surface area contributed by atoms with Crippen LogP contribution in [0.2, 0.25) is 0 Å². The van der Waals surface area contributed by atoms with Gasteiger partial charge in [-0.25, -0.2) is 0 Å². The van der Waals surface area contributed by atoms with E-state index in [4.69, 9.17) is 10.5 Å². The zero-order chi connectivity index (χ0) is 14.4. The topological polar surface area (TPSA) is 55.5 Å². The molecule has 1 aromatic carbocycles. The van der Waals surface area contributed by atoms with Gasteiger partial charge >= 0.3 is 0 Å². The van der Waals surface area contributed by atoms with Crippen LogP contribution in [0.4, 0.5) is 0 Å². The molecule has 0 spiro atoms. The molecular weight excluding hydrogens is 250 g/mol. The Morgan fingerprint density at radius 3 is 2.15 bits per heavy atom. The first-order valence-corrected chi connectivity index (χ1v) is 7.74. The Bertz CT molecular complexity index is 394. The maximum Gasteiger partial charge on any atom is 0.118 e. The van der Waals surface area contributed by atoms with Crippen molar-refractivity contribution in [2.24, 2.45) is 11.1 Å². The number of nitrogens with two attached hydrogens (primary N) is 1. The second-order valence-electron chi connectivity index (χ2n) is 6.01. The molecule has 1 aliphatic rings. The summed E-state index contributed by atoms with van der Waals surface area (Å²) in [6, 6.07) is 7.73. The van der Waals surface area contributed by atoms with E-state index < -0.39 is 6.10 Å². The quantitative estimate of drug-likeness (QED) is 0.886. The predicted octanol–water partition coefficient (Wildman–Crippen LogP) is 3.42. The summed E-state index contributed by atoms with van der Waals surface area (Å²) in [6.45, 7) is 0.556. The van der Waals surface area contributed by atoms with Gasteiger partial charge in [0, 0.05) is 12.0 Å². The van der Waals surface area contributed by atoms with Crippen LogP contribution in [0.25, 0.3) is 0 Å². The van der Waals surface area contributed by atoms with Crippen molar-refractivity contribution in [3.05, 3.63) is 29.8 Å². The molecule has 3 N–H and O–H groups in total. The summed E-state index contributed by atoms with van der Waals surface area (Å²) in [5, 5.41) is 10.9. The van der Waals surface area contributed by atoms with E-state index in [2.05, 4.69) is 0 Å². The largest absolute Gasteiger partial charge is 0.497 e. The van der Waals surface area contributed by atoms with Crippen molar-refractivity contribution < 1.29 is 9.84 Å². The van der Waals surface area contributed by atoms with Gasteiger partial charge in [0.25, 0.3) is 0 Å². The minimum atomic E-state index is -0.475. The Labute approximate surface area is 122 Å². The number of rotatable bonds is 4. The van der Waals surface area contributed by atoms with Gasteiger partial charge in [0.1, 0.15) is 5.75 Å². The normalized spacial score (nSPS) is 20.8. The van der Waals surface area contributed by atoms with Crippen molar-refractivity contribution in [2.45, 2.75) is 51.0 Å². The van der Waals surface area contributed by atoms with Crippen molar-refractivity contribution in [1.82, 2.24) is 0 Å². The first-order valence-electron chi connectivity index (χ1n) is 7.74. The molecule has 3 heteroatoms. The van der Waals surface area contributed by atoms with Gasteiger partial charge in [0.2, 0.25) is 0 Å². The number of ether oxygens (including phenoxy) is 1. The molecule has 3 nitrogen and oxygen atoms in total. The molecule has 2 rings (SSSR count). The van der Waals surface area contributed by atoms with Gasteiger partial charge in [-0.2, -0.15) is 0 Å². The lowest BCUT2D eigenvalue weighted by molar-refractivity contribution is 0.00846. The third kappa shape index (κ3) is 3.33. The monoisotopic (exact) mass is 277 g/mol. The van der Waals surface area contributed by atoms with Gasteiger partial charge in [-0.15, -0.1) is 0 Å². The molecule has 0 heterocycles. The van der Waals surface area contributed by atoms with Crippen molar-refractivity contribution in [3.8, 4) is 5.75 Å². The van der Waals surface area contributed by atoms with E-state index in [0.717, 1.165) is 24.2 Å². The van der Waals surface area contributed by atoms with Crippen molar-refractivity contribution in [3.63, 3.8) is 0 Å². The van der Waals surface area contributed by atoms with Gasteiger partial charge in [-0.1, -0.05) is 44.2 Å². The minimum Gasteiger partial charge on any atom is -0.497 e. The SMILES string of the molecule is COc1ccc(C(O)C2(CN)CCCCCCC2)cc1. The fourth-order valence-corrected chi connectivity index (χ4v) is 3.34. The van der Waals surface area contributed by atoms with Crippen LogP contribution >= 0.6 is 0 Å². The Morgan fingerprint density at radius 1 is 1.10 bits per heavy atom. The predicted molar refractivity (Wildman–Crippen MR) is 81.8 cm³/mol. The number of hydrogen-bond acceptors (Lipinski definition) is 3. The van der Waals surface area contributed by atoms with Crippen LogP contribution in [0.3, 0.4) is 0 Å². The van der Waals surface area contributed by atoms with E-state index in [9.17, 15) is 5.11 Å². The fourth-order valence-electron chi connectivity index (χ4n) is 3.34. The summed E-state index contributed by atoms with van der Waals surface area (Å²) in [7, 11) is 1.65. The van der Waals surface area contributed by atoms with Crippen molar-refractivity contribution >= 4 is 0 Å². The van der Waals surface area contributed by atoms with Gasteiger partial charge in [-0.3, -0.25) is 0 Å². The molecule has 0 amide bonds. The standard InChI is InChI=1S/C17H27NO2/c1-20-15-9-7-14(8-10-15)16(19)17(13-18)11-5-3-2-4-6-12-17/h7-10,16,19H,2-6,11-13,18H2,1H3. The number of aliphatic hydroxyl groups is 1. The molecule has 0 radical (unpaired) electrons. The van der Waals surface area contributed by atoms with Crippen LogP contribution in [-0.2, 0) is 0 Å². The third-order valence-corrected chi connectivity index (χ3v) is 4.77. The van der Waals surface area contributed by atoms with Crippen LogP contribution in [0.15, 0.2) is 24.3 Å². The lowest BCUT2D eigenvalue weighted by atomic mass is 9.70. The average molecular weight is 277 g/mol. The summed E-state index contributed by atoms with van der Waals surface area (Å²) in [6.07, 6.45) is 7.76. The molecule has 1 unspecified atom stereocenters. The zero-order valence-electron chi connectivity index (χ0n) is 12.5. The van der Waals surface area contributed by atoms with E-state index in [-0.39, 0.29) is 5.41 Å². The number of benzene rings is 1. The lowest BCUT2D eigenvalue weighted by Crippen LogP contribution is -2.37. The molecule has 1 fully saturated rings. The Kier molecular flexibility index (Phi) is 5.44. The molecule has 0 bridgehead atoms. The highest BCUT2D eigenvalue weighted by molar-refractivity contribution is 5.29. The molecule has 0 aliphatic heterocycles.